The molecule has 1 N–H and O–H groups in total. The van der Waals surface area contributed by atoms with Gasteiger partial charge in [0.2, 0.25) is 0 Å². The number of carbonyl (C=O) groups excluding carboxylic acids is 1. The Bertz CT molecular complexity index is 617. The van der Waals surface area contributed by atoms with Crippen molar-refractivity contribution in [3.8, 4) is 6.07 Å². The largest absolute Gasteiger partial charge is 0.346 e. The van der Waals surface area contributed by atoms with Crippen LogP contribution in [0.1, 0.15) is 55.1 Å². The SMILES string of the molecule is CONC(=O)C(C#N)=Cc1cc(C)n(C2CCCCC2)c1C. The van der Waals surface area contributed by atoms with E-state index in [-0.39, 0.29) is 5.57 Å². The fourth-order valence-corrected chi connectivity index (χ4v) is 3.30. The van der Waals surface area contributed by atoms with Crippen molar-refractivity contribution in [1.29, 1.82) is 5.26 Å². The van der Waals surface area contributed by atoms with Gasteiger partial charge in [-0.1, -0.05) is 19.3 Å². The smallest absolute Gasteiger partial charge is 0.285 e. The minimum absolute atomic E-state index is 0.0470. The zero-order valence-corrected chi connectivity index (χ0v) is 13.5. The zero-order valence-electron chi connectivity index (χ0n) is 13.5. The van der Waals surface area contributed by atoms with Gasteiger partial charge in [0.15, 0.2) is 0 Å². The van der Waals surface area contributed by atoms with Crippen LogP contribution in [0.5, 0.6) is 0 Å². The number of aromatic nitrogens is 1. The summed E-state index contributed by atoms with van der Waals surface area (Å²) in [6, 6.07) is 4.51. The molecule has 5 heteroatoms. The normalized spacial score (nSPS) is 16.4. The lowest BCUT2D eigenvalue weighted by Crippen LogP contribution is -2.22. The first-order valence-electron chi connectivity index (χ1n) is 7.72. The molecule has 0 spiro atoms. The summed E-state index contributed by atoms with van der Waals surface area (Å²) in [6.45, 7) is 4.14. The highest BCUT2D eigenvalue weighted by atomic mass is 16.6. The predicted molar refractivity (Wildman–Crippen MR) is 84.8 cm³/mol. The molecule has 1 fully saturated rings. The third-order valence-corrected chi connectivity index (χ3v) is 4.32. The Balaban J connectivity index is 2.33. The Labute approximate surface area is 131 Å². The van der Waals surface area contributed by atoms with Crippen molar-refractivity contribution in [3.63, 3.8) is 0 Å². The number of hydrogen-bond acceptors (Lipinski definition) is 3. The molecule has 5 nitrogen and oxygen atoms in total. The van der Waals surface area contributed by atoms with Crippen molar-refractivity contribution < 1.29 is 9.63 Å². The van der Waals surface area contributed by atoms with Gasteiger partial charge in [-0.05, 0) is 44.4 Å². The second kappa shape index (κ2) is 7.28. The van der Waals surface area contributed by atoms with Crippen molar-refractivity contribution in [2.24, 2.45) is 0 Å². The van der Waals surface area contributed by atoms with E-state index < -0.39 is 5.91 Å². The maximum atomic E-state index is 11.7. The third-order valence-electron chi connectivity index (χ3n) is 4.32. The van der Waals surface area contributed by atoms with Crippen LogP contribution >= 0.6 is 0 Å². The first-order valence-corrected chi connectivity index (χ1v) is 7.72. The summed E-state index contributed by atoms with van der Waals surface area (Å²) in [7, 11) is 1.35. The molecule has 1 aromatic heterocycles. The summed E-state index contributed by atoms with van der Waals surface area (Å²) < 4.78 is 2.36. The number of hydroxylamine groups is 1. The predicted octanol–water partition coefficient (Wildman–Crippen LogP) is 3.19. The maximum absolute atomic E-state index is 11.7. The number of aryl methyl sites for hydroxylation is 1. The summed E-state index contributed by atoms with van der Waals surface area (Å²) in [5.41, 5.74) is 5.45. The van der Waals surface area contributed by atoms with Crippen LogP contribution < -0.4 is 5.48 Å². The summed E-state index contributed by atoms with van der Waals surface area (Å²) in [5, 5.41) is 9.16. The van der Waals surface area contributed by atoms with Gasteiger partial charge in [-0.15, -0.1) is 0 Å². The standard InChI is InChI=1S/C17H23N3O2/c1-12-9-14(10-15(11-18)17(21)19-22-3)13(2)20(12)16-7-5-4-6-8-16/h9-10,16H,4-8H2,1-3H3,(H,19,21). The molecule has 0 saturated heterocycles. The van der Waals surface area contributed by atoms with Gasteiger partial charge in [-0.2, -0.15) is 5.26 Å². The Morgan fingerprint density at radius 1 is 1.41 bits per heavy atom. The average molecular weight is 301 g/mol. The van der Waals surface area contributed by atoms with Crippen LogP contribution in [-0.4, -0.2) is 17.6 Å². The molecular weight excluding hydrogens is 278 g/mol. The Morgan fingerprint density at radius 3 is 2.68 bits per heavy atom. The van der Waals surface area contributed by atoms with E-state index in [9.17, 15) is 4.79 Å². The number of carbonyl (C=O) groups is 1. The van der Waals surface area contributed by atoms with Gasteiger partial charge in [0.1, 0.15) is 11.6 Å². The molecular formula is C17H23N3O2. The van der Waals surface area contributed by atoms with Gasteiger partial charge in [-0.3, -0.25) is 9.63 Å². The minimum Gasteiger partial charge on any atom is -0.346 e. The third kappa shape index (κ3) is 3.40. The molecule has 1 aliphatic carbocycles. The molecule has 1 amide bonds. The molecule has 0 radical (unpaired) electrons. The first-order chi connectivity index (χ1) is 10.6. The first kappa shape index (κ1) is 16.3. The molecule has 0 unspecified atom stereocenters. The van der Waals surface area contributed by atoms with Gasteiger partial charge in [0, 0.05) is 17.4 Å². The van der Waals surface area contributed by atoms with Crippen LogP contribution in [0.3, 0.4) is 0 Å². The molecule has 0 aliphatic heterocycles. The summed E-state index contributed by atoms with van der Waals surface area (Å²) in [5.74, 6) is -0.521. The van der Waals surface area contributed by atoms with Crippen LogP contribution in [0, 0.1) is 25.2 Å². The van der Waals surface area contributed by atoms with E-state index in [1.54, 1.807) is 6.08 Å². The average Bonchev–Trinajstić information content (AvgIpc) is 2.80. The van der Waals surface area contributed by atoms with E-state index in [1.165, 1.54) is 44.9 Å². The molecule has 118 valence electrons. The topological polar surface area (TPSA) is 67.0 Å². The number of nitriles is 1. The van der Waals surface area contributed by atoms with Crippen LogP contribution in [0.2, 0.25) is 0 Å². The number of rotatable bonds is 4. The monoisotopic (exact) mass is 301 g/mol. The molecule has 1 saturated carbocycles. The lowest BCUT2D eigenvalue weighted by atomic mass is 9.95. The van der Waals surface area contributed by atoms with Crippen molar-refractivity contribution >= 4 is 12.0 Å². The highest BCUT2D eigenvalue weighted by Gasteiger charge is 2.20. The van der Waals surface area contributed by atoms with E-state index >= 15 is 0 Å². The van der Waals surface area contributed by atoms with Gasteiger partial charge < -0.3 is 4.57 Å². The Kier molecular flexibility index (Phi) is 5.40. The summed E-state index contributed by atoms with van der Waals surface area (Å²) >= 11 is 0. The second-order valence-corrected chi connectivity index (χ2v) is 5.79. The summed E-state index contributed by atoms with van der Waals surface area (Å²) in [4.78, 5) is 16.3. The molecule has 1 heterocycles. The fraction of sp³-hybridized carbons (Fsp3) is 0.529. The van der Waals surface area contributed by atoms with E-state index in [0.29, 0.717) is 6.04 Å². The summed E-state index contributed by atoms with van der Waals surface area (Å²) in [6.07, 6.45) is 7.90. The highest BCUT2D eigenvalue weighted by Crippen LogP contribution is 2.32. The zero-order chi connectivity index (χ0) is 16.1. The van der Waals surface area contributed by atoms with Crippen molar-refractivity contribution in [3.05, 3.63) is 28.6 Å². The molecule has 1 aliphatic rings. The number of amides is 1. The molecule has 0 aromatic carbocycles. The number of hydrogen-bond donors (Lipinski definition) is 1. The van der Waals surface area contributed by atoms with Crippen molar-refractivity contribution in [2.45, 2.75) is 52.0 Å². The van der Waals surface area contributed by atoms with Crippen molar-refractivity contribution in [1.82, 2.24) is 10.0 Å². The van der Waals surface area contributed by atoms with Crippen molar-refractivity contribution in [2.75, 3.05) is 7.11 Å². The highest BCUT2D eigenvalue weighted by molar-refractivity contribution is 6.01. The van der Waals surface area contributed by atoms with Gasteiger partial charge in [0.05, 0.1) is 7.11 Å². The van der Waals surface area contributed by atoms with Crippen LogP contribution in [0.4, 0.5) is 0 Å². The van der Waals surface area contributed by atoms with Crippen LogP contribution in [-0.2, 0) is 9.63 Å². The molecule has 0 bridgehead atoms. The molecule has 0 atom stereocenters. The molecule has 22 heavy (non-hydrogen) atoms. The molecule has 2 rings (SSSR count). The fourth-order valence-electron chi connectivity index (χ4n) is 3.30. The molecule has 1 aromatic rings. The lowest BCUT2D eigenvalue weighted by Gasteiger charge is -2.26. The van der Waals surface area contributed by atoms with E-state index in [0.717, 1.165) is 11.3 Å². The van der Waals surface area contributed by atoms with E-state index in [2.05, 4.69) is 28.7 Å². The van der Waals surface area contributed by atoms with E-state index in [4.69, 9.17) is 5.26 Å². The maximum Gasteiger partial charge on any atom is 0.285 e. The van der Waals surface area contributed by atoms with Gasteiger partial charge in [0.25, 0.3) is 5.91 Å². The number of nitrogens with zero attached hydrogens (tertiary/aromatic N) is 2. The van der Waals surface area contributed by atoms with Crippen LogP contribution in [0.15, 0.2) is 11.6 Å². The Morgan fingerprint density at radius 2 is 2.09 bits per heavy atom. The van der Waals surface area contributed by atoms with E-state index in [1.807, 2.05) is 12.1 Å². The number of nitrogens with one attached hydrogen (secondary N) is 1. The van der Waals surface area contributed by atoms with Crippen LogP contribution in [0.25, 0.3) is 6.08 Å². The quantitative estimate of drug-likeness (QED) is 0.527. The minimum atomic E-state index is -0.521. The van der Waals surface area contributed by atoms with Gasteiger partial charge >= 0.3 is 0 Å². The lowest BCUT2D eigenvalue weighted by molar-refractivity contribution is -0.126. The van der Waals surface area contributed by atoms with Gasteiger partial charge in [-0.25, -0.2) is 5.48 Å². The second-order valence-electron chi connectivity index (χ2n) is 5.79. The Hall–Kier alpha value is -2.06.